The number of halogens is 4. The van der Waals surface area contributed by atoms with Gasteiger partial charge in [0.15, 0.2) is 16.7 Å². The number of ether oxygens (including phenoxy) is 1. The quantitative estimate of drug-likeness (QED) is 0.713. The molecule has 0 saturated heterocycles. The molecule has 0 unspecified atom stereocenters. The molecule has 0 aliphatic carbocycles. The van der Waals surface area contributed by atoms with E-state index < -0.39 is 5.82 Å². The van der Waals surface area contributed by atoms with Crippen LogP contribution >= 0.6 is 43.5 Å². The first-order valence-corrected chi connectivity index (χ1v) is 6.33. The van der Waals surface area contributed by atoms with Gasteiger partial charge in [-0.15, -0.1) is 0 Å². The number of aromatic nitrogens is 2. The molecule has 0 fully saturated rings. The van der Waals surface area contributed by atoms with E-state index in [-0.39, 0.29) is 16.8 Å². The number of benzene rings is 1. The Hall–Kier alpha value is -0.720. The average Bonchev–Trinajstić information content (AvgIpc) is 2.28. The zero-order valence-electron chi connectivity index (χ0n) is 8.12. The highest BCUT2D eigenvalue weighted by molar-refractivity contribution is 9.10. The third kappa shape index (κ3) is 2.94. The highest BCUT2D eigenvalue weighted by Gasteiger charge is 2.11. The summed E-state index contributed by atoms with van der Waals surface area (Å²) in [5.41, 5.74) is 0. The maximum Gasteiger partial charge on any atom is 0.238 e. The minimum atomic E-state index is -0.499. The van der Waals surface area contributed by atoms with Gasteiger partial charge in [-0.05, 0) is 34.1 Å². The first kappa shape index (κ1) is 12.7. The summed E-state index contributed by atoms with van der Waals surface area (Å²) in [6, 6.07) is 4.45. The molecule has 0 amide bonds. The Morgan fingerprint density at radius 1 is 1.24 bits per heavy atom. The van der Waals surface area contributed by atoms with Crippen LogP contribution in [-0.2, 0) is 0 Å². The SMILES string of the molecule is Fc1cc(Br)ccc1Oc1ncnc(Cl)c1Br. The minimum absolute atomic E-state index is 0.0590. The molecule has 1 heterocycles. The van der Waals surface area contributed by atoms with E-state index in [0.717, 1.165) is 0 Å². The van der Waals surface area contributed by atoms with Gasteiger partial charge in [-0.25, -0.2) is 14.4 Å². The Labute approximate surface area is 118 Å². The second kappa shape index (κ2) is 5.29. The molecule has 2 rings (SSSR count). The molecular formula is C10H4Br2ClFN2O. The number of rotatable bonds is 2. The van der Waals surface area contributed by atoms with Crippen LogP contribution in [-0.4, -0.2) is 9.97 Å². The van der Waals surface area contributed by atoms with E-state index in [9.17, 15) is 4.39 Å². The monoisotopic (exact) mass is 380 g/mol. The van der Waals surface area contributed by atoms with E-state index in [1.165, 1.54) is 18.5 Å². The fourth-order valence-corrected chi connectivity index (χ4v) is 1.81. The fourth-order valence-electron chi connectivity index (χ4n) is 1.07. The van der Waals surface area contributed by atoms with Crippen molar-refractivity contribution in [3.63, 3.8) is 0 Å². The maximum absolute atomic E-state index is 13.5. The van der Waals surface area contributed by atoms with Gasteiger partial charge in [0.2, 0.25) is 5.88 Å². The van der Waals surface area contributed by atoms with Crippen LogP contribution in [0.3, 0.4) is 0 Å². The topological polar surface area (TPSA) is 35.0 Å². The van der Waals surface area contributed by atoms with Crippen LogP contribution in [0.4, 0.5) is 4.39 Å². The molecule has 0 bridgehead atoms. The predicted molar refractivity (Wildman–Crippen MR) is 68.9 cm³/mol. The predicted octanol–water partition coefficient (Wildman–Crippen LogP) is 4.59. The first-order chi connectivity index (χ1) is 8.08. The van der Waals surface area contributed by atoms with Gasteiger partial charge >= 0.3 is 0 Å². The first-order valence-electron chi connectivity index (χ1n) is 4.37. The lowest BCUT2D eigenvalue weighted by Gasteiger charge is -2.07. The van der Waals surface area contributed by atoms with Crippen molar-refractivity contribution < 1.29 is 9.13 Å². The third-order valence-corrected chi connectivity index (χ3v) is 3.54. The van der Waals surface area contributed by atoms with Gasteiger partial charge in [0.05, 0.1) is 0 Å². The van der Waals surface area contributed by atoms with Gasteiger partial charge in [-0.3, -0.25) is 0 Å². The van der Waals surface area contributed by atoms with Gasteiger partial charge in [0.25, 0.3) is 0 Å². The van der Waals surface area contributed by atoms with Crippen LogP contribution in [0.2, 0.25) is 5.15 Å². The van der Waals surface area contributed by atoms with Crippen molar-refractivity contribution in [1.29, 1.82) is 0 Å². The van der Waals surface area contributed by atoms with Gasteiger partial charge < -0.3 is 4.74 Å². The Morgan fingerprint density at radius 3 is 2.71 bits per heavy atom. The number of nitrogens with zero attached hydrogens (tertiary/aromatic N) is 2. The molecule has 0 spiro atoms. The van der Waals surface area contributed by atoms with E-state index in [4.69, 9.17) is 16.3 Å². The van der Waals surface area contributed by atoms with Crippen molar-refractivity contribution >= 4 is 43.5 Å². The second-order valence-corrected chi connectivity index (χ2v) is 5.03. The molecule has 0 atom stereocenters. The van der Waals surface area contributed by atoms with Gasteiger partial charge in [-0.1, -0.05) is 27.5 Å². The van der Waals surface area contributed by atoms with E-state index in [2.05, 4.69) is 41.8 Å². The largest absolute Gasteiger partial charge is 0.435 e. The lowest BCUT2D eigenvalue weighted by molar-refractivity contribution is 0.423. The van der Waals surface area contributed by atoms with Crippen LogP contribution in [0.15, 0.2) is 33.5 Å². The zero-order chi connectivity index (χ0) is 12.4. The molecule has 1 aromatic heterocycles. The van der Waals surface area contributed by atoms with Crippen LogP contribution in [0.5, 0.6) is 11.6 Å². The zero-order valence-corrected chi connectivity index (χ0v) is 12.1. The molecule has 0 saturated carbocycles. The van der Waals surface area contributed by atoms with Crippen LogP contribution in [0, 0.1) is 5.82 Å². The summed E-state index contributed by atoms with van der Waals surface area (Å²) in [5, 5.41) is 0.201. The lowest BCUT2D eigenvalue weighted by Crippen LogP contribution is -1.93. The van der Waals surface area contributed by atoms with E-state index in [1.54, 1.807) is 6.07 Å². The van der Waals surface area contributed by atoms with E-state index in [0.29, 0.717) is 8.95 Å². The van der Waals surface area contributed by atoms with E-state index in [1.807, 2.05) is 0 Å². The summed E-state index contributed by atoms with van der Waals surface area (Å²) in [5.74, 6) is -0.282. The molecular weight excluding hydrogens is 378 g/mol. The molecule has 0 N–H and O–H groups in total. The normalized spacial score (nSPS) is 10.4. The molecule has 0 radical (unpaired) electrons. The molecule has 88 valence electrons. The molecule has 17 heavy (non-hydrogen) atoms. The smallest absolute Gasteiger partial charge is 0.238 e. The van der Waals surface area contributed by atoms with Gasteiger partial charge in [-0.2, -0.15) is 0 Å². The van der Waals surface area contributed by atoms with Crippen molar-refractivity contribution in [2.75, 3.05) is 0 Å². The lowest BCUT2D eigenvalue weighted by atomic mass is 10.3. The molecule has 3 nitrogen and oxygen atoms in total. The Bertz CT molecular complexity index is 568. The second-order valence-electron chi connectivity index (χ2n) is 2.96. The fraction of sp³-hybridized carbons (Fsp3) is 0. The minimum Gasteiger partial charge on any atom is -0.435 e. The number of hydrogen-bond acceptors (Lipinski definition) is 3. The van der Waals surface area contributed by atoms with Crippen LogP contribution < -0.4 is 4.74 Å². The summed E-state index contributed by atoms with van der Waals surface area (Å²) < 4.78 is 19.8. The molecule has 1 aromatic carbocycles. The molecule has 7 heteroatoms. The van der Waals surface area contributed by atoms with Crippen LogP contribution in [0.25, 0.3) is 0 Å². The summed E-state index contributed by atoms with van der Waals surface area (Å²) in [6.07, 6.45) is 1.24. The summed E-state index contributed by atoms with van der Waals surface area (Å²) in [7, 11) is 0. The highest BCUT2D eigenvalue weighted by Crippen LogP contribution is 2.33. The third-order valence-electron chi connectivity index (χ3n) is 1.82. The Kier molecular flexibility index (Phi) is 3.96. The van der Waals surface area contributed by atoms with Crippen molar-refractivity contribution in [2.24, 2.45) is 0 Å². The number of hydrogen-bond donors (Lipinski definition) is 0. The molecule has 2 aromatic rings. The van der Waals surface area contributed by atoms with Crippen molar-refractivity contribution in [2.45, 2.75) is 0 Å². The van der Waals surface area contributed by atoms with E-state index >= 15 is 0 Å². The Morgan fingerprint density at radius 2 is 2.00 bits per heavy atom. The summed E-state index contributed by atoms with van der Waals surface area (Å²) in [6.45, 7) is 0. The van der Waals surface area contributed by atoms with Crippen molar-refractivity contribution in [1.82, 2.24) is 9.97 Å². The molecule has 0 aliphatic heterocycles. The summed E-state index contributed by atoms with van der Waals surface area (Å²) >= 11 is 12.1. The average molecular weight is 382 g/mol. The van der Waals surface area contributed by atoms with Gasteiger partial charge in [0.1, 0.15) is 10.8 Å². The summed E-state index contributed by atoms with van der Waals surface area (Å²) in [4.78, 5) is 7.60. The van der Waals surface area contributed by atoms with Crippen LogP contribution in [0.1, 0.15) is 0 Å². The van der Waals surface area contributed by atoms with Crippen molar-refractivity contribution in [3.05, 3.63) is 44.4 Å². The van der Waals surface area contributed by atoms with Gasteiger partial charge in [0, 0.05) is 4.47 Å². The van der Waals surface area contributed by atoms with Crippen molar-refractivity contribution in [3.8, 4) is 11.6 Å². The standard InChI is InChI=1S/C10H4Br2ClFN2O/c11-5-1-2-7(6(14)3-5)17-10-8(12)9(13)15-4-16-10/h1-4H. The highest BCUT2D eigenvalue weighted by atomic mass is 79.9. The maximum atomic E-state index is 13.5. The Balaban J connectivity index is 2.35. The molecule has 0 aliphatic rings.